The van der Waals surface area contributed by atoms with Crippen LogP contribution in [0.4, 0.5) is 4.39 Å². The number of likely N-dealkylation sites (tertiary alicyclic amines) is 2. The van der Waals surface area contributed by atoms with Gasteiger partial charge in [-0.05, 0) is 74.9 Å². The third-order valence-electron chi connectivity index (χ3n) is 7.27. The van der Waals surface area contributed by atoms with Crippen LogP contribution in [0.15, 0.2) is 47.5 Å². The highest BCUT2D eigenvalue weighted by Crippen LogP contribution is 2.27. The number of aromatic nitrogens is 3. The van der Waals surface area contributed by atoms with E-state index in [1.54, 1.807) is 29.1 Å². The number of rotatable bonds is 5. The van der Waals surface area contributed by atoms with E-state index < -0.39 is 0 Å². The number of H-pyrrole nitrogens is 1. The number of halogens is 1. The number of hydrogen-bond donors (Lipinski definition) is 1. The van der Waals surface area contributed by atoms with Crippen LogP contribution in [0.2, 0.25) is 0 Å². The summed E-state index contributed by atoms with van der Waals surface area (Å²) in [5.41, 5.74) is 1.86. The van der Waals surface area contributed by atoms with Crippen molar-refractivity contribution in [1.29, 1.82) is 0 Å². The number of piperidine rings is 2. The second kappa shape index (κ2) is 9.47. The number of imidazole rings is 1. The maximum absolute atomic E-state index is 13.7. The minimum atomic E-state index is -0.319. The zero-order chi connectivity index (χ0) is 22.8. The van der Waals surface area contributed by atoms with Crippen LogP contribution in [0, 0.1) is 11.7 Å². The quantitative estimate of drug-likeness (QED) is 0.645. The lowest BCUT2D eigenvalue weighted by molar-refractivity contribution is 0.0677. The molecule has 8 heteroatoms. The Balaban J connectivity index is 1.09. The van der Waals surface area contributed by atoms with E-state index in [1.807, 2.05) is 11.0 Å². The Hall–Kier alpha value is -3.00. The molecule has 0 bridgehead atoms. The first kappa shape index (κ1) is 21.8. The van der Waals surface area contributed by atoms with Crippen LogP contribution in [0.25, 0.3) is 11.0 Å². The van der Waals surface area contributed by atoms with Crippen molar-refractivity contribution in [2.75, 3.05) is 32.7 Å². The molecular weight excluding hydrogens is 421 g/mol. The summed E-state index contributed by atoms with van der Waals surface area (Å²) < 4.78 is 15.5. The van der Waals surface area contributed by atoms with Crippen molar-refractivity contribution < 1.29 is 9.18 Å². The van der Waals surface area contributed by atoms with Gasteiger partial charge in [0.1, 0.15) is 5.82 Å². The minimum absolute atomic E-state index is 0.0797. The predicted molar refractivity (Wildman–Crippen MR) is 125 cm³/mol. The average Bonchev–Trinajstić information content (AvgIpc) is 3.18. The molecule has 33 heavy (non-hydrogen) atoms. The summed E-state index contributed by atoms with van der Waals surface area (Å²) in [6.07, 6.45) is 8.32. The van der Waals surface area contributed by atoms with E-state index in [0.29, 0.717) is 22.5 Å². The number of benzene rings is 1. The van der Waals surface area contributed by atoms with E-state index in [9.17, 15) is 14.0 Å². The number of hydrogen-bond acceptors (Lipinski definition) is 4. The van der Waals surface area contributed by atoms with Gasteiger partial charge in [0.05, 0.1) is 16.6 Å². The van der Waals surface area contributed by atoms with Gasteiger partial charge in [-0.15, -0.1) is 0 Å². The third-order valence-corrected chi connectivity index (χ3v) is 7.27. The van der Waals surface area contributed by atoms with Gasteiger partial charge in [-0.25, -0.2) is 9.18 Å². The minimum Gasteiger partial charge on any atom is -0.339 e. The van der Waals surface area contributed by atoms with Gasteiger partial charge in [-0.2, -0.15) is 0 Å². The van der Waals surface area contributed by atoms with E-state index in [4.69, 9.17) is 0 Å². The fourth-order valence-corrected chi connectivity index (χ4v) is 5.32. The van der Waals surface area contributed by atoms with E-state index in [-0.39, 0.29) is 23.5 Å². The maximum Gasteiger partial charge on any atom is 0.326 e. The second-order valence-electron chi connectivity index (χ2n) is 9.30. The van der Waals surface area contributed by atoms with Crippen LogP contribution < -0.4 is 5.69 Å². The molecule has 2 aliphatic heterocycles. The van der Waals surface area contributed by atoms with Gasteiger partial charge < -0.3 is 14.8 Å². The molecule has 0 radical (unpaired) electrons. The largest absolute Gasteiger partial charge is 0.339 e. The van der Waals surface area contributed by atoms with Crippen molar-refractivity contribution in [3.05, 3.63) is 64.6 Å². The van der Waals surface area contributed by atoms with Gasteiger partial charge in [0, 0.05) is 44.6 Å². The zero-order valence-electron chi connectivity index (χ0n) is 18.8. The van der Waals surface area contributed by atoms with Crippen LogP contribution in [-0.2, 0) is 0 Å². The Morgan fingerprint density at radius 3 is 2.61 bits per heavy atom. The Morgan fingerprint density at radius 1 is 1.09 bits per heavy atom. The molecule has 0 atom stereocenters. The van der Waals surface area contributed by atoms with Gasteiger partial charge >= 0.3 is 5.69 Å². The summed E-state index contributed by atoms with van der Waals surface area (Å²) in [6, 6.07) is 8.19. The first-order valence-electron chi connectivity index (χ1n) is 11.9. The molecular formula is C25H30FN5O2. The summed E-state index contributed by atoms with van der Waals surface area (Å²) >= 11 is 0. The number of amides is 1. The van der Waals surface area contributed by atoms with Crippen LogP contribution in [0.1, 0.15) is 48.5 Å². The molecule has 1 amide bonds. The predicted octanol–water partition coefficient (Wildman–Crippen LogP) is 3.44. The molecule has 2 aliphatic rings. The van der Waals surface area contributed by atoms with E-state index in [0.717, 1.165) is 64.8 Å². The molecule has 3 aromatic rings. The molecule has 1 aromatic carbocycles. The van der Waals surface area contributed by atoms with Crippen molar-refractivity contribution in [3.63, 3.8) is 0 Å². The van der Waals surface area contributed by atoms with Crippen molar-refractivity contribution >= 4 is 16.9 Å². The highest BCUT2D eigenvalue weighted by molar-refractivity contribution is 5.93. The fourth-order valence-electron chi connectivity index (χ4n) is 5.32. The summed E-state index contributed by atoms with van der Waals surface area (Å²) in [7, 11) is 0. The van der Waals surface area contributed by atoms with Crippen LogP contribution in [0.3, 0.4) is 0 Å². The summed E-state index contributed by atoms with van der Waals surface area (Å²) in [6.45, 7) is 4.54. The Kier molecular flexibility index (Phi) is 6.26. The highest BCUT2D eigenvalue weighted by atomic mass is 19.1. The van der Waals surface area contributed by atoms with Gasteiger partial charge in [0.25, 0.3) is 5.91 Å². The maximum atomic E-state index is 13.7. The molecule has 0 saturated carbocycles. The molecule has 5 rings (SSSR count). The van der Waals surface area contributed by atoms with E-state index in [1.165, 1.54) is 12.1 Å². The van der Waals surface area contributed by atoms with Gasteiger partial charge in [0.15, 0.2) is 0 Å². The zero-order valence-corrected chi connectivity index (χ0v) is 18.8. The molecule has 174 valence electrons. The van der Waals surface area contributed by atoms with Crippen molar-refractivity contribution in [1.82, 2.24) is 24.3 Å². The molecule has 2 aromatic heterocycles. The monoisotopic (exact) mass is 451 g/mol. The molecule has 2 saturated heterocycles. The second-order valence-corrected chi connectivity index (χ2v) is 9.30. The van der Waals surface area contributed by atoms with E-state index in [2.05, 4.69) is 14.9 Å². The number of nitrogens with one attached hydrogen (secondary N) is 1. The number of carbonyl (C=O) groups excluding carboxylic acids is 1. The average molecular weight is 452 g/mol. The summed E-state index contributed by atoms with van der Waals surface area (Å²) in [5.74, 6) is 0.400. The summed E-state index contributed by atoms with van der Waals surface area (Å²) in [5, 5.41) is 0. The summed E-state index contributed by atoms with van der Waals surface area (Å²) in [4.78, 5) is 36.4. The number of carbonyl (C=O) groups is 1. The molecule has 0 spiro atoms. The molecule has 0 unspecified atom stereocenters. The van der Waals surface area contributed by atoms with Gasteiger partial charge in [-0.1, -0.05) is 0 Å². The smallest absolute Gasteiger partial charge is 0.326 e. The first-order chi connectivity index (χ1) is 16.1. The number of pyridine rings is 1. The molecule has 4 heterocycles. The van der Waals surface area contributed by atoms with Crippen molar-refractivity contribution in [3.8, 4) is 0 Å². The lowest BCUT2D eigenvalue weighted by Crippen LogP contribution is -2.40. The van der Waals surface area contributed by atoms with Crippen LogP contribution in [-0.4, -0.2) is 63.0 Å². The molecule has 7 nitrogen and oxygen atoms in total. The lowest BCUT2D eigenvalue weighted by atomic mass is 9.92. The molecule has 0 aliphatic carbocycles. The Bertz CT molecular complexity index is 1160. The standard InChI is InChI=1S/C25H30FN5O2/c26-20-3-4-22-23(16-20)31(25(33)28-22)21-8-12-29(13-9-21)11-5-18-6-14-30(15-7-18)24(32)19-2-1-10-27-17-19/h1-4,10,16-18,21H,5-9,11-15H2,(H,28,33). The highest BCUT2D eigenvalue weighted by Gasteiger charge is 2.26. The SMILES string of the molecule is O=C(c1cccnc1)N1CCC(CCN2CCC(n3c(=O)[nH]c4ccc(F)cc43)CC2)CC1. The Morgan fingerprint density at radius 2 is 1.88 bits per heavy atom. The fraction of sp³-hybridized carbons (Fsp3) is 0.480. The lowest BCUT2D eigenvalue weighted by Gasteiger charge is -2.35. The third kappa shape index (κ3) is 4.71. The van der Waals surface area contributed by atoms with Crippen LogP contribution in [0.5, 0.6) is 0 Å². The van der Waals surface area contributed by atoms with E-state index >= 15 is 0 Å². The van der Waals surface area contributed by atoms with Crippen molar-refractivity contribution in [2.45, 2.75) is 38.1 Å². The topological polar surface area (TPSA) is 74.2 Å². The van der Waals surface area contributed by atoms with Crippen molar-refractivity contribution in [2.24, 2.45) is 5.92 Å². The normalized spacial score (nSPS) is 18.8. The number of aromatic amines is 1. The molecule has 1 N–H and O–H groups in total. The van der Waals surface area contributed by atoms with Gasteiger partial charge in [-0.3, -0.25) is 14.3 Å². The van der Waals surface area contributed by atoms with Crippen LogP contribution >= 0.6 is 0 Å². The van der Waals surface area contributed by atoms with Gasteiger partial charge in [0.2, 0.25) is 0 Å². The Labute approximate surface area is 192 Å². The first-order valence-corrected chi connectivity index (χ1v) is 11.9. The number of nitrogens with zero attached hydrogens (tertiary/aromatic N) is 4. The molecule has 2 fully saturated rings. The number of fused-ring (bicyclic) bond motifs is 1.